The number of thiazole rings is 1. The topological polar surface area (TPSA) is 29.6 Å². The van der Waals surface area contributed by atoms with E-state index in [1.807, 2.05) is 17.5 Å². The number of aromatic nitrogens is 1. The molecule has 0 saturated carbocycles. The third kappa shape index (κ3) is 3.06. The molecule has 1 aliphatic rings. The normalized spacial score (nSPS) is 15.4. The molecule has 2 aromatic carbocycles. The van der Waals surface area contributed by atoms with E-state index in [0.29, 0.717) is 17.8 Å². The van der Waals surface area contributed by atoms with E-state index in [4.69, 9.17) is 5.10 Å². The first-order valence-corrected chi connectivity index (χ1v) is 9.39. The van der Waals surface area contributed by atoms with Crippen LogP contribution in [0.15, 0.2) is 76.7 Å². The summed E-state index contributed by atoms with van der Waals surface area (Å²) in [6, 6.07) is 15.1. The molecule has 0 amide bonds. The van der Waals surface area contributed by atoms with Gasteiger partial charge in [0.25, 0.3) is 0 Å². The predicted molar refractivity (Wildman–Crippen MR) is 105 cm³/mol. The summed E-state index contributed by atoms with van der Waals surface area (Å²) in [4.78, 5) is 5.27. The Labute approximate surface area is 155 Å². The first-order chi connectivity index (χ1) is 12.8. The minimum Gasteiger partial charge on any atom is -0.253 e. The van der Waals surface area contributed by atoms with Gasteiger partial charge in [-0.05, 0) is 30.5 Å². The van der Waals surface area contributed by atoms with Crippen LogP contribution in [0.2, 0.25) is 0 Å². The largest absolute Gasteiger partial charge is 0.253 e. The summed E-state index contributed by atoms with van der Waals surface area (Å²) in [5.74, 6) is -0.263. The summed E-state index contributed by atoms with van der Waals surface area (Å²) in [6.45, 7) is 4.22. The van der Waals surface area contributed by atoms with Crippen molar-refractivity contribution in [2.45, 2.75) is 12.8 Å². The lowest BCUT2D eigenvalue weighted by molar-refractivity contribution is 0.629. The van der Waals surface area contributed by atoms with Gasteiger partial charge in [-0.2, -0.15) is 5.10 Å². The number of halogens is 1. The van der Waals surface area contributed by atoms with Crippen LogP contribution in [0.5, 0.6) is 0 Å². The monoisotopic (exact) mass is 363 g/mol. The average molecular weight is 363 g/mol. The Hall–Kier alpha value is -2.79. The zero-order chi connectivity index (χ0) is 17.9. The van der Waals surface area contributed by atoms with Gasteiger partial charge in [0.2, 0.25) is 4.80 Å². The Morgan fingerprint density at radius 3 is 2.65 bits per heavy atom. The van der Waals surface area contributed by atoms with Crippen LogP contribution in [0.1, 0.15) is 17.5 Å². The highest BCUT2D eigenvalue weighted by molar-refractivity contribution is 7.07. The van der Waals surface area contributed by atoms with Crippen LogP contribution >= 0.6 is 11.3 Å². The third-order valence-corrected chi connectivity index (χ3v) is 5.22. The number of nitrogens with zero attached hydrogens (tertiary/aromatic N) is 3. The SMILES string of the molecule is C=CCN=c1scc(-c2ccccc2F)n1N=C1CCc2ccccc21. The third-order valence-electron chi connectivity index (χ3n) is 4.37. The summed E-state index contributed by atoms with van der Waals surface area (Å²) >= 11 is 1.46. The second-order valence-electron chi connectivity index (χ2n) is 6.03. The summed E-state index contributed by atoms with van der Waals surface area (Å²) < 4.78 is 16.1. The fourth-order valence-corrected chi connectivity index (χ4v) is 3.97. The van der Waals surface area contributed by atoms with Crippen LogP contribution in [-0.4, -0.2) is 16.9 Å². The van der Waals surface area contributed by atoms with Gasteiger partial charge in [0.1, 0.15) is 5.82 Å². The smallest absolute Gasteiger partial charge is 0.206 e. The Morgan fingerprint density at radius 1 is 1.08 bits per heavy atom. The molecule has 3 nitrogen and oxygen atoms in total. The van der Waals surface area contributed by atoms with Crippen LogP contribution < -0.4 is 4.80 Å². The first-order valence-electron chi connectivity index (χ1n) is 8.51. The van der Waals surface area contributed by atoms with Crippen molar-refractivity contribution < 1.29 is 4.39 Å². The number of hydrogen-bond donors (Lipinski definition) is 0. The zero-order valence-electron chi connectivity index (χ0n) is 14.2. The first kappa shape index (κ1) is 16.7. The summed E-state index contributed by atoms with van der Waals surface area (Å²) in [5, 5.41) is 6.79. The predicted octanol–water partition coefficient (Wildman–Crippen LogP) is 4.64. The Kier molecular flexibility index (Phi) is 4.63. The highest BCUT2D eigenvalue weighted by Crippen LogP contribution is 2.26. The molecule has 0 radical (unpaired) electrons. The van der Waals surface area contributed by atoms with Crippen molar-refractivity contribution in [1.29, 1.82) is 0 Å². The van der Waals surface area contributed by atoms with Crippen molar-refractivity contribution in [2.24, 2.45) is 10.1 Å². The number of fused-ring (bicyclic) bond motifs is 1. The van der Waals surface area contributed by atoms with Crippen molar-refractivity contribution in [3.63, 3.8) is 0 Å². The summed E-state index contributed by atoms with van der Waals surface area (Å²) in [6.07, 6.45) is 3.60. The molecule has 0 bridgehead atoms. The summed E-state index contributed by atoms with van der Waals surface area (Å²) in [5.41, 5.74) is 4.73. The molecule has 0 fully saturated rings. The molecule has 4 rings (SSSR count). The molecule has 5 heteroatoms. The molecule has 0 saturated heterocycles. The Balaban J connectivity index is 1.90. The minimum absolute atomic E-state index is 0.263. The zero-order valence-corrected chi connectivity index (χ0v) is 15.0. The molecule has 1 heterocycles. The lowest BCUT2D eigenvalue weighted by Crippen LogP contribution is -2.15. The molecule has 130 valence electrons. The van der Waals surface area contributed by atoms with Crippen molar-refractivity contribution in [3.05, 3.63) is 88.3 Å². The van der Waals surface area contributed by atoms with Gasteiger partial charge >= 0.3 is 0 Å². The molecule has 1 aliphatic carbocycles. The molecule has 0 unspecified atom stereocenters. The quantitative estimate of drug-likeness (QED) is 0.605. The maximum atomic E-state index is 14.4. The molecular formula is C21H18FN3S. The number of rotatable bonds is 4. The minimum atomic E-state index is -0.263. The van der Waals surface area contributed by atoms with Gasteiger partial charge in [-0.25, -0.2) is 9.07 Å². The van der Waals surface area contributed by atoms with E-state index in [-0.39, 0.29) is 5.82 Å². The van der Waals surface area contributed by atoms with Crippen molar-refractivity contribution >= 4 is 17.0 Å². The van der Waals surface area contributed by atoms with Gasteiger partial charge < -0.3 is 0 Å². The Morgan fingerprint density at radius 2 is 1.85 bits per heavy atom. The maximum Gasteiger partial charge on any atom is 0.206 e. The van der Waals surface area contributed by atoms with Crippen LogP contribution in [0.3, 0.4) is 0 Å². The maximum absolute atomic E-state index is 14.4. The molecule has 0 N–H and O–H groups in total. The van der Waals surface area contributed by atoms with E-state index in [1.54, 1.807) is 22.9 Å². The molecule has 0 aliphatic heterocycles. The van der Waals surface area contributed by atoms with E-state index < -0.39 is 0 Å². The van der Waals surface area contributed by atoms with Gasteiger partial charge in [0.15, 0.2) is 0 Å². The van der Waals surface area contributed by atoms with E-state index in [9.17, 15) is 4.39 Å². The molecule has 3 aromatic rings. The highest BCUT2D eigenvalue weighted by atomic mass is 32.1. The van der Waals surface area contributed by atoms with E-state index in [0.717, 1.165) is 23.4 Å². The van der Waals surface area contributed by atoms with Gasteiger partial charge in [-0.1, -0.05) is 42.5 Å². The lowest BCUT2D eigenvalue weighted by Gasteiger charge is -2.07. The second-order valence-corrected chi connectivity index (χ2v) is 6.86. The molecule has 0 spiro atoms. The van der Waals surface area contributed by atoms with E-state index in [2.05, 4.69) is 29.8 Å². The van der Waals surface area contributed by atoms with Crippen molar-refractivity contribution in [3.8, 4) is 11.3 Å². The van der Waals surface area contributed by atoms with Gasteiger partial charge in [0.05, 0.1) is 18.0 Å². The highest BCUT2D eigenvalue weighted by Gasteiger charge is 2.19. The van der Waals surface area contributed by atoms with Gasteiger partial charge in [0, 0.05) is 16.5 Å². The molecule has 1 aromatic heterocycles. The van der Waals surface area contributed by atoms with Gasteiger partial charge in [-0.15, -0.1) is 17.9 Å². The molecule has 26 heavy (non-hydrogen) atoms. The number of benzene rings is 2. The van der Waals surface area contributed by atoms with Crippen LogP contribution in [0.25, 0.3) is 11.3 Å². The van der Waals surface area contributed by atoms with Crippen molar-refractivity contribution in [1.82, 2.24) is 4.68 Å². The standard InChI is InChI=1S/C21H18FN3S/c1-2-13-23-21-25(20(14-26-21)17-9-5-6-10-18(17)22)24-19-12-11-15-7-3-4-8-16(15)19/h2-10,14H,1,11-13H2. The molecule has 0 atom stereocenters. The summed E-state index contributed by atoms with van der Waals surface area (Å²) in [7, 11) is 0. The fourth-order valence-electron chi connectivity index (χ4n) is 3.13. The van der Waals surface area contributed by atoms with E-state index in [1.165, 1.54) is 28.5 Å². The average Bonchev–Trinajstić information content (AvgIpc) is 3.25. The second kappa shape index (κ2) is 7.22. The lowest BCUT2D eigenvalue weighted by atomic mass is 10.1. The van der Waals surface area contributed by atoms with Crippen molar-refractivity contribution in [2.75, 3.05) is 6.54 Å². The Bertz CT molecular complexity index is 1060. The van der Waals surface area contributed by atoms with Crippen LogP contribution in [0.4, 0.5) is 4.39 Å². The van der Waals surface area contributed by atoms with Gasteiger partial charge in [-0.3, -0.25) is 4.99 Å². The number of hydrogen-bond acceptors (Lipinski definition) is 3. The van der Waals surface area contributed by atoms with Crippen LogP contribution in [-0.2, 0) is 6.42 Å². The fraction of sp³-hybridized carbons (Fsp3) is 0.143. The van der Waals surface area contributed by atoms with Crippen LogP contribution in [0, 0.1) is 5.82 Å². The number of aryl methyl sites for hydroxylation is 1. The van der Waals surface area contributed by atoms with E-state index >= 15 is 0 Å². The molecular weight excluding hydrogens is 345 g/mol.